The zero-order valence-electron chi connectivity index (χ0n) is 12.3. The Kier molecular flexibility index (Phi) is 2.78. The molecule has 2 aromatic rings. The smallest absolute Gasteiger partial charge is 0.201 e. The minimum atomic E-state index is -0.620. The largest absolute Gasteiger partial charge is 0.508 e. The number of rotatable bonds is 0. The number of hydrogen-bond acceptors (Lipinski definition) is 5. The number of benzene rings is 2. The highest BCUT2D eigenvalue weighted by Gasteiger charge is 2.36. The van der Waals surface area contributed by atoms with E-state index in [1.54, 1.807) is 19.9 Å². The van der Waals surface area contributed by atoms with Crippen LogP contribution in [-0.4, -0.2) is 26.9 Å². The van der Waals surface area contributed by atoms with Gasteiger partial charge in [0.15, 0.2) is 5.78 Å². The molecule has 0 heterocycles. The Morgan fingerprint density at radius 3 is 1.82 bits per heavy atom. The molecule has 22 heavy (non-hydrogen) atoms. The highest BCUT2D eigenvalue weighted by molar-refractivity contribution is 6.30. The number of phenolic OH excluding ortho intramolecular Hbond substituents is 3. The van der Waals surface area contributed by atoms with Crippen molar-refractivity contribution in [1.82, 2.24) is 0 Å². The van der Waals surface area contributed by atoms with Crippen LogP contribution in [0.2, 0.25) is 0 Å². The standard InChI is InChI=1S/C17H14O5/c1-6-4-9-12(14(19)7(6)2)17(22)13-10(16(9)21)5-11(18)8(3)15(13)20/h4-5,18-20H,1-3H3. The van der Waals surface area contributed by atoms with Crippen molar-refractivity contribution in [3.05, 3.63) is 51.1 Å². The van der Waals surface area contributed by atoms with Crippen molar-refractivity contribution in [3.8, 4) is 17.2 Å². The molecule has 3 N–H and O–H groups in total. The van der Waals surface area contributed by atoms with Gasteiger partial charge in [-0.05, 0) is 44.0 Å². The number of aromatic hydroxyl groups is 3. The van der Waals surface area contributed by atoms with Gasteiger partial charge in [0.05, 0.1) is 11.1 Å². The highest BCUT2D eigenvalue weighted by atomic mass is 16.3. The number of carbonyl (C=O) groups excluding carboxylic acids is 2. The van der Waals surface area contributed by atoms with Gasteiger partial charge in [-0.3, -0.25) is 9.59 Å². The molecule has 0 amide bonds. The number of aryl methyl sites for hydroxylation is 1. The molecule has 0 fully saturated rings. The Labute approximate surface area is 126 Å². The van der Waals surface area contributed by atoms with Crippen molar-refractivity contribution < 1.29 is 24.9 Å². The molecule has 3 rings (SSSR count). The van der Waals surface area contributed by atoms with Gasteiger partial charge in [0.1, 0.15) is 17.2 Å². The van der Waals surface area contributed by atoms with Gasteiger partial charge in [0.25, 0.3) is 0 Å². The van der Waals surface area contributed by atoms with E-state index in [1.807, 2.05) is 0 Å². The van der Waals surface area contributed by atoms with Gasteiger partial charge in [0.2, 0.25) is 5.78 Å². The SMILES string of the molecule is Cc1cc2c(c(O)c1C)C(=O)c1c(cc(O)c(C)c1O)C2=O. The Bertz CT molecular complexity index is 808. The van der Waals surface area contributed by atoms with Gasteiger partial charge < -0.3 is 15.3 Å². The molecule has 5 nitrogen and oxygen atoms in total. The minimum absolute atomic E-state index is 0.0549. The summed E-state index contributed by atoms with van der Waals surface area (Å²) in [5.74, 6) is -2.06. The van der Waals surface area contributed by atoms with Gasteiger partial charge in [-0.25, -0.2) is 0 Å². The topological polar surface area (TPSA) is 94.8 Å². The lowest BCUT2D eigenvalue weighted by Gasteiger charge is -2.22. The fraction of sp³-hybridized carbons (Fsp3) is 0.176. The number of ketones is 2. The molecule has 1 aliphatic carbocycles. The minimum Gasteiger partial charge on any atom is -0.508 e. The van der Waals surface area contributed by atoms with Crippen LogP contribution in [0.4, 0.5) is 0 Å². The van der Waals surface area contributed by atoms with Crippen LogP contribution in [0.15, 0.2) is 12.1 Å². The van der Waals surface area contributed by atoms with Gasteiger partial charge in [-0.1, -0.05) is 0 Å². The molecule has 0 aromatic heterocycles. The summed E-state index contributed by atoms with van der Waals surface area (Å²) in [6.07, 6.45) is 0. The first-order valence-electron chi connectivity index (χ1n) is 6.73. The predicted octanol–water partition coefficient (Wildman–Crippen LogP) is 2.50. The lowest BCUT2D eigenvalue weighted by molar-refractivity contribution is 0.0973. The molecule has 0 saturated carbocycles. The molecule has 0 bridgehead atoms. The third kappa shape index (κ3) is 1.59. The maximum absolute atomic E-state index is 12.7. The number of phenols is 3. The lowest BCUT2D eigenvalue weighted by Crippen LogP contribution is -2.22. The Balaban J connectivity index is 2.43. The maximum atomic E-state index is 12.7. The molecule has 5 heteroatoms. The van der Waals surface area contributed by atoms with Crippen molar-refractivity contribution in [2.45, 2.75) is 20.8 Å². The van der Waals surface area contributed by atoms with E-state index in [1.165, 1.54) is 13.0 Å². The quantitative estimate of drug-likeness (QED) is 0.592. The van der Waals surface area contributed by atoms with E-state index in [-0.39, 0.29) is 39.3 Å². The van der Waals surface area contributed by atoms with Crippen LogP contribution in [0.25, 0.3) is 0 Å². The van der Waals surface area contributed by atoms with Gasteiger partial charge in [-0.15, -0.1) is 0 Å². The third-order valence-corrected chi connectivity index (χ3v) is 4.28. The van der Waals surface area contributed by atoms with E-state index < -0.39 is 17.3 Å². The van der Waals surface area contributed by atoms with E-state index in [4.69, 9.17) is 0 Å². The second-order valence-electron chi connectivity index (χ2n) is 5.54. The van der Waals surface area contributed by atoms with Gasteiger partial charge in [-0.2, -0.15) is 0 Å². The van der Waals surface area contributed by atoms with Crippen LogP contribution in [0.5, 0.6) is 17.2 Å². The third-order valence-electron chi connectivity index (χ3n) is 4.28. The average Bonchev–Trinajstić information content (AvgIpc) is 2.47. The predicted molar refractivity (Wildman–Crippen MR) is 79.0 cm³/mol. The average molecular weight is 298 g/mol. The van der Waals surface area contributed by atoms with Crippen molar-refractivity contribution in [2.75, 3.05) is 0 Å². The second-order valence-corrected chi connectivity index (χ2v) is 5.54. The molecule has 0 saturated heterocycles. The van der Waals surface area contributed by atoms with Crippen molar-refractivity contribution >= 4 is 11.6 Å². The highest BCUT2D eigenvalue weighted by Crippen LogP contribution is 2.42. The molecule has 112 valence electrons. The van der Waals surface area contributed by atoms with E-state index >= 15 is 0 Å². The van der Waals surface area contributed by atoms with E-state index in [0.717, 1.165) is 0 Å². The summed E-state index contributed by atoms with van der Waals surface area (Å²) in [6, 6.07) is 2.72. The van der Waals surface area contributed by atoms with Crippen LogP contribution in [0, 0.1) is 20.8 Å². The second kappa shape index (κ2) is 4.34. The summed E-state index contributed by atoms with van der Waals surface area (Å²) in [4.78, 5) is 25.3. The van der Waals surface area contributed by atoms with Gasteiger partial charge >= 0.3 is 0 Å². The number of hydrogen-bond donors (Lipinski definition) is 3. The molecule has 0 aliphatic heterocycles. The van der Waals surface area contributed by atoms with Crippen LogP contribution >= 0.6 is 0 Å². The van der Waals surface area contributed by atoms with Crippen LogP contribution in [0.3, 0.4) is 0 Å². The van der Waals surface area contributed by atoms with Crippen LogP contribution in [-0.2, 0) is 0 Å². The van der Waals surface area contributed by atoms with E-state index in [0.29, 0.717) is 11.1 Å². The van der Waals surface area contributed by atoms with Crippen molar-refractivity contribution in [2.24, 2.45) is 0 Å². The summed E-state index contributed by atoms with van der Waals surface area (Å²) in [6.45, 7) is 4.82. The van der Waals surface area contributed by atoms with Crippen molar-refractivity contribution in [3.63, 3.8) is 0 Å². The zero-order valence-corrected chi connectivity index (χ0v) is 12.3. The fourth-order valence-electron chi connectivity index (χ4n) is 2.74. The van der Waals surface area contributed by atoms with Crippen LogP contribution in [0.1, 0.15) is 48.5 Å². The molecule has 0 unspecified atom stereocenters. The summed E-state index contributed by atoms with van der Waals surface area (Å²) < 4.78 is 0. The molecule has 0 atom stereocenters. The number of carbonyl (C=O) groups is 2. The zero-order chi connectivity index (χ0) is 16.3. The monoisotopic (exact) mass is 298 g/mol. The molecule has 2 aromatic carbocycles. The first-order valence-corrected chi connectivity index (χ1v) is 6.73. The van der Waals surface area contributed by atoms with E-state index in [2.05, 4.69) is 0 Å². The molecular weight excluding hydrogens is 284 g/mol. The van der Waals surface area contributed by atoms with Gasteiger partial charge in [0, 0.05) is 16.7 Å². The fourth-order valence-corrected chi connectivity index (χ4v) is 2.74. The molecule has 1 aliphatic rings. The summed E-state index contributed by atoms with van der Waals surface area (Å²) >= 11 is 0. The summed E-state index contributed by atoms with van der Waals surface area (Å²) in [5.41, 5.74) is 1.07. The molecule has 0 spiro atoms. The Morgan fingerprint density at radius 2 is 1.23 bits per heavy atom. The summed E-state index contributed by atoms with van der Waals surface area (Å²) in [5, 5.41) is 30.2. The normalized spacial score (nSPS) is 13.0. The Hall–Kier alpha value is -2.82. The summed E-state index contributed by atoms with van der Waals surface area (Å²) in [7, 11) is 0. The number of fused-ring (bicyclic) bond motifs is 2. The van der Waals surface area contributed by atoms with E-state index in [9.17, 15) is 24.9 Å². The van der Waals surface area contributed by atoms with Crippen molar-refractivity contribution in [1.29, 1.82) is 0 Å². The molecule has 0 radical (unpaired) electrons. The maximum Gasteiger partial charge on any atom is 0.201 e. The lowest BCUT2D eigenvalue weighted by atomic mass is 9.80. The first-order chi connectivity index (χ1) is 10.3. The molecular formula is C17H14O5. The Morgan fingerprint density at radius 1 is 0.727 bits per heavy atom. The first kappa shape index (κ1) is 14.1. The van der Waals surface area contributed by atoms with Crippen LogP contribution < -0.4 is 0 Å².